The molecule has 0 saturated heterocycles. The molecule has 10 heteroatoms. The highest BCUT2D eigenvalue weighted by atomic mass is 32.1. The molecule has 0 aliphatic heterocycles. The van der Waals surface area contributed by atoms with Crippen LogP contribution in [0.25, 0.3) is 0 Å². The van der Waals surface area contributed by atoms with Crippen molar-refractivity contribution in [3.8, 4) is 5.75 Å². The quantitative estimate of drug-likeness (QED) is 0.315. The first-order chi connectivity index (χ1) is 12.8. The Bertz CT molecular complexity index is 823. The predicted octanol–water partition coefficient (Wildman–Crippen LogP) is 0.854. The van der Waals surface area contributed by atoms with E-state index in [4.69, 9.17) is 5.11 Å². The number of carboxylic acids is 1. The molecule has 0 bridgehead atoms. The van der Waals surface area contributed by atoms with Crippen LogP contribution in [-0.2, 0) is 11.2 Å². The van der Waals surface area contributed by atoms with E-state index in [9.17, 15) is 29.5 Å². The Labute approximate surface area is 159 Å². The van der Waals surface area contributed by atoms with Crippen LogP contribution in [0.5, 0.6) is 5.75 Å². The van der Waals surface area contributed by atoms with Gasteiger partial charge in [0, 0.05) is 12.8 Å². The molecular weight excluding hydrogens is 373 g/mol. The number of phenols is 1. The van der Waals surface area contributed by atoms with Crippen molar-refractivity contribution in [2.24, 2.45) is 0 Å². The molecule has 1 aromatic carbocycles. The van der Waals surface area contributed by atoms with Gasteiger partial charge in [0.1, 0.15) is 11.3 Å². The molecule has 142 valence electrons. The van der Waals surface area contributed by atoms with Crippen LogP contribution >= 0.6 is 11.3 Å². The number of carboxylic acid groups (broad SMARTS) is 1. The molecular formula is C17H18BNO7S. The van der Waals surface area contributed by atoms with Crippen LogP contribution in [0.1, 0.15) is 38.4 Å². The highest BCUT2D eigenvalue weighted by molar-refractivity contribution is 7.12. The van der Waals surface area contributed by atoms with Gasteiger partial charge in [0.2, 0.25) is 5.91 Å². The number of hydrogen-bond donors (Lipinski definition) is 5. The molecule has 0 saturated carbocycles. The van der Waals surface area contributed by atoms with E-state index < -0.39 is 30.7 Å². The minimum absolute atomic E-state index is 0.0274. The van der Waals surface area contributed by atoms with Gasteiger partial charge in [0.15, 0.2) is 5.78 Å². The molecule has 0 aliphatic carbocycles. The lowest BCUT2D eigenvalue weighted by atomic mass is 9.75. The first kappa shape index (κ1) is 20.6. The van der Waals surface area contributed by atoms with Crippen molar-refractivity contribution in [3.05, 3.63) is 51.7 Å². The summed E-state index contributed by atoms with van der Waals surface area (Å²) in [5, 5.41) is 42.2. The van der Waals surface area contributed by atoms with E-state index in [0.717, 1.165) is 0 Å². The van der Waals surface area contributed by atoms with E-state index in [-0.39, 0.29) is 36.2 Å². The molecule has 2 rings (SSSR count). The maximum atomic E-state index is 12.0. The highest BCUT2D eigenvalue weighted by Gasteiger charge is 2.27. The molecule has 27 heavy (non-hydrogen) atoms. The van der Waals surface area contributed by atoms with E-state index >= 15 is 0 Å². The van der Waals surface area contributed by atoms with E-state index in [1.165, 1.54) is 29.5 Å². The monoisotopic (exact) mass is 391 g/mol. The summed E-state index contributed by atoms with van der Waals surface area (Å²) in [6.45, 7) is 0. The topological polar surface area (TPSA) is 144 Å². The van der Waals surface area contributed by atoms with Crippen LogP contribution in [-0.4, -0.2) is 51.0 Å². The highest BCUT2D eigenvalue weighted by Crippen LogP contribution is 2.24. The molecule has 0 radical (unpaired) electrons. The fourth-order valence-electron chi connectivity index (χ4n) is 2.46. The number of carbonyl (C=O) groups excluding carboxylic acids is 2. The minimum Gasteiger partial charge on any atom is -0.507 e. The number of amides is 1. The van der Waals surface area contributed by atoms with Crippen LogP contribution in [0.4, 0.5) is 0 Å². The fourth-order valence-corrected chi connectivity index (χ4v) is 3.16. The second-order valence-electron chi connectivity index (χ2n) is 5.81. The normalized spacial score (nSPS) is 11.6. The first-order valence-electron chi connectivity index (χ1n) is 8.06. The zero-order chi connectivity index (χ0) is 20.0. The Kier molecular flexibility index (Phi) is 7.11. The number of nitrogens with one attached hydrogen (secondary N) is 1. The molecule has 1 aromatic heterocycles. The van der Waals surface area contributed by atoms with E-state index in [1.807, 2.05) is 0 Å². The third kappa shape index (κ3) is 5.65. The SMILES string of the molecule is O=C(CCC(=O)c1cccs1)NC(Cc1cccc(C(=O)O)c1O)B(O)O. The summed E-state index contributed by atoms with van der Waals surface area (Å²) in [6.07, 6.45) is -0.364. The maximum Gasteiger partial charge on any atom is 0.475 e. The van der Waals surface area contributed by atoms with Gasteiger partial charge in [-0.15, -0.1) is 11.3 Å². The summed E-state index contributed by atoms with van der Waals surface area (Å²) >= 11 is 1.27. The van der Waals surface area contributed by atoms with Gasteiger partial charge in [0.25, 0.3) is 0 Å². The number of aromatic carboxylic acids is 1. The zero-order valence-corrected chi connectivity index (χ0v) is 15.0. The predicted molar refractivity (Wildman–Crippen MR) is 98.8 cm³/mol. The number of aromatic hydroxyl groups is 1. The van der Waals surface area contributed by atoms with E-state index in [1.54, 1.807) is 17.5 Å². The number of para-hydroxylation sites is 1. The van der Waals surface area contributed by atoms with Crippen LogP contribution in [0.2, 0.25) is 0 Å². The Morgan fingerprint density at radius 3 is 2.44 bits per heavy atom. The van der Waals surface area contributed by atoms with Gasteiger partial charge >= 0.3 is 13.1 Å². The molecule has 8 nitrogen and oxygen atoms in total. The summed E-state index contributed by atoms with van der Waals surface area (Å²) in [6, 6.07) is 7.42. The summed E-state index contributed by atoms with van der Waals surface area (Å²) in [5.74, 6) is -3.76. The Morgan fingerprint density at radius 2 is 1.85 bits per heavy atom. The van der Waals surface area contributed by atoms with Crippen molar-refractivity contribution in [2.45, 2.75) is 25.2 Å². The van der Waals surface area contributed by atoms with Gasteiger partial charge in [-0.1, -0.05) is 18.2 Å². The summed E-state index contributed by atoms with van der Waals surface area (Å²) < 4.78 is 0. The van der Waals surface area contributed by atoms with Gasteiger partial charge in [-0.05, 0) is 29.5 Å². The maximum absolute atomic E-state index is 12.0. The molecule has 0 fully saturated rings. The summed E-state index contributed by atoms with van der Waals surface area (Å²) in [5.41, 5.74) is -0.186. The molecule has 1 heterocycles. The molecule has 1 unspecified atom stereocenters. The molecule has 5 N–H and O–H groups in total. The number of Topliss-reactive ketones (excluding diaryl/α,β-unsaturated/α-hetero) is 1. The third-order valence-electron chi connectivity index (χ3n) is 3.87. The van der Waals surface area contributed by atoms with Crippen molar-refractivity contribution in [1.29, 1.82) is 0 Å². The lowest BCUT2D eigenvalue weighted by Gasteiger charge is -2.19. The van der Waals surface area contributed by atoms with Crippen molar-refractivity contribution in [2.75, 3.05) is 0 Å². The number of rotatable bonds is 9. The van der Waals surface area contributed by atoms with Gasteiger partial charge in [-0.25, -0.2) is 4.79 Å². The fraction of sp³-hybridized carbons (Fsp3) is 0.235. The Hall–Kier alpha value is -2.69. The summed E-state index contributed by atoms with van der Waals surface area (Å²) in [7, 11) is -1.94. The largest absolute Gasteiger partial charge is 0.507 e. The standard InChI is InChI=1S/C17H18BNO7S/c20-12(13-5-2-8-27-13)6-7-15(21)19-14(18(25)26)9-10-3-1-4-11(16(10)22)17(23)24/h1-5,8,14,22,25-26H,6-7,9H2,(H,19,21)(H,23,24). The molecule has 1 atom stereocenters. The average Bonchev–Trinajstić information content (AvgIpc) is 3.15. The number of benzene rings is 1. The molecule has 2 aromatic rings. The Morgan fingerprint density at radius 1 is 1.11 bits per heavy atom. The zero-order valence-electron chi connectivity index (χ0n) is 14.2. The van der Waals surface area contributed by atoms with Crippen LogP contribution < -0.4 is 5.32 Å². The second-order valence-corrected chi connectivity index (χ2v) is 6.76. The van der Waals surface area contributed by atoms with Crippen molar-refractivity contribution < 1.29 is 34.6 Å². The smallest absolute Gasteiger partial charge is 0.475 e. The number of thiophene rings is 1. The van der Waals surface area contributed by atoms with E-state index in [2.05, 4.69) is 5.32 Å². The third-order valence-corrected chi connectivity index (χ3v) is 4.78. The molecule has 0 aliphatic rings. The van der Waals surface area contributed by atoms with Crippen molar-refractivity contribution in [1.82, 2.24) is 5.32 Å². The second kappa shape index (κ2) is 9.31. The lowest BCUT2D eigenvalue weighted by Crippen LogP contribution is -2.48. The average molecular weight is 391 g/mol. The Balaban J connectivity index is 1.99. The van der Waals surface area contributed by atoms with E-state index in [0.29, 0.717) is 4.88 Å². The summed E-state index contributed by atoms with van der Waals surface area (Å²) in [4.78, 5) is 35.6. The minimum atomic E-state index is -1.94. The van der Waals surface area contributed by atoms with Crippen LogP contribution in [0.15, 0.2) is 35.7 Å². The molecule has 0 spiro atoms. The number of hydrogen-bond acceptors (Lipinski definition) is 7. The van der Waals surface area contributed by atoms with Gasteiger partial charge < -0.3 is 25.6 Å². The van der Waals surface area contributed by atoms with Gasteiger partial charge in [0.05, 0.1) is 10.8 Å². The first-order valence-corrected chi connectivity index (χ1v) is 8.94. The van der Waals surface area contributed by atoms with Crippen LogP contribution in [0, 0.1) is 0 Å². The number of ketones is 1. The van der Waals surface area contributed by atoms with Crippen molar-refractivity contribution in [3.63, 3.8) is 0 Å². The van der Waals surface area contributed by atoms with Crippen molar-refractivity contribution >= 4 is 36.1 Å². The van der Waals surface area contributed by atoms with Crippen LogP contribution in [0.3, 0.4) is 0 Å². The number of carbonyl (C=O) groups is 3. The van der Waals surface area contributed by atoms with Gasteiger partial charge in [-0.2, -0.15) is 0 Å². The van der Waals surface area contributed by atoms with Gasteiger partial charge in [-0.3, -0.25) is 9.59 Å². The molecule has 1 amide bonds. The lowest BCUT2D eigenvalue weighted by molar-refractivity contribution is -0.121.